The highest BCUT2D eigenvalue weighted by molar-refractivity contribution is 7.99. The lowest BCUT2D eigenvalue weighted by atomic mass is 10.2. The number of non-ortho nitro benzene ring substituents is 1. The Labute approximate surface area is 157 Å². The summed E-state index contributed by atoms with van der Waals surface area (Å²) in [6, 6.07) is 7.56. The van der Waals surface area contributed by atoms with Gasteiger partial charge >= 0.3 is 0 Å². The Balaban J connectivity index is 1.60. The number of thioether (sulfide) groups is 1. The maximum Gasteiger partial charge on any atom is 0.273 e. The van der Waals surface area contributed by atoms with Gasteiger partial charge in [0.1, 0.15) is 5.75 Å². The number of pyridine rings is 1. The normalized spacial score (nSPS) is 10.4. The van der Waals surface area contributed by atoms with E-state index < -0.39 is 4.92 Å². The molecule has 0 aliphatic heterocycles. The molecule has 0 fully saturated rings. The van der Waals surface area contributed by atoms with Crippen molar-refractivity contribution in [3.05, 3.63) is 52.8 Å². The zero-order chi connectivity index (χ0) is 19.2. The highest BCUT2D eigenvalue weighted by Crippen LogP contribution is 2.29. The molecule has 0 spiro atoms. The van der Waals surface area contributed by atoms with Crippen LogP contribution in [0.4, 0.5) is 11.4 Å². The number of aromatic amines is 1. The number of nitrogens with one attached hydrogen (secondary N) is 2. The molecule has 0 radical (unpaired) electrons. The zero-order valence-electron chi connectivity index (χ0n) is 14.1. The predicted molar refractivity (Wildman–Crippen MR) is 98.6 cm³/mol. The van der Waals surface area contributed by atoms with E-state index in [9.17, 15) is 14.9 Å². The molecule has 11 heteroatoms. The van der Waals surface area contributed by atoms with Crippen molar-refractivity contribution >= 4 is 29.0 Å². The third-order valence-corrected chi connectivity index (χ3v) is 4.27. The number of anilines is 1. The second-order valence-corrected chi connectivity index (χ2v) is 6.12. The number of carbonyl (C=O) groups excluding carboxylic acids is 1. The minimum atomic E-state index is -0.534. The lowest BCUT2D eigenvalue weighted by Crippen LogP contribution is -2.14. The van der Waals surface area contributed by atoms with E-state index in [0.717, 1.165) is 17.3 Å². The van der Waals surface area contributed by atoms with Gasteiger partial charge in [0.05, 0.1) is 29.5 Å². The molecule has 1 amide bonds. The van der Waals surface area contributed by atoms with E-state index in [0.29, 0.717) is 16.7 Å². The first-order valence-corrected chi connectivity index (χ1v) is 8.63. The molecule has 0 unspecified atom stereocenters. The highest BCUT2D eigenvalue weighted by Gasteiger charge is 2.14. The summed E-state index contributed by atoms with van der Waals surface area (Å²) in [6.45, 7) is 0. The molecule has 0 saturated carbocycles. The van der Waals surface area contributed by atoms with Crippen LogP contribution in [0.2, 0.25) is 0 Å². The molecule has 138 valence electrons. The van der Waals surface area contributed by atoms with Crippen LogP contribution >= 0.6 is 11.8 Å². The summed E-state index contributed by atoms with van der Waals surface area (Å²) in [4.78, 5) is 30.7. The van der Waals surface area contributed by atoms with E-state index >= 15 is 0 Å². The van der Waals surface area contributed by atoms with Gasteiger partial charge in [-0.2, -0.15) is 0 Å². The van der Waals surface area contributed by atoms with Crippen LogP contribution in [-0.4, -0.2) is 43.9 Å². The fraction of sp³-hybridized carbons (Fsp3) is 0.125. The van der Waals surface area contributed by atoms with Crippen molar-refractivity contribution in [2.24, 2.45) is 0 Å². The van der Waals surface area contributed by atoms with Crippen LogP contribution in [-0.2, 0) is 4.79 Å². The minimum Gasteiger partial charge on any atom is -0.494 e. The highest BCUT2D eigenvalue weighted by atomic mass is 32.2. The molecule has 0 aliphatic rings. The Bertz CT molecular complexity index is 963. The van der Waals surface area contributed by atoms with E-state index in [-0.39, 0.29) is 23.1 Å². The lowest BCUT2D eigenvalue weighted by molar-refractivity contribution is -0.384. The number of benzene rings is 1. The lowest BCUT2D eigenvalue weighted by Gasteiger charge is -2.09. The molecule has 3 aromatic rings. The molecule has 10 nitrogen and oxygen atoms in total. The fourth-order valence-electron chi connectivity index (χ4n) is 2.16. The number of H-pyrrole nitrogens is 1. The molecule has 0 aliphatic carbocycles. The van der Waals surface area contributed by atoms with E-state index in [1.54, 1.807) is 24.5 Å². The standard InChI is InChI=1S/C16H14N6O4S/c1-26-13-8-11(22(24)25)2-3-12(13)18-14(23)9-27-16-19-15(20-21-16)10-4-6-17-7-5-10/h2-8H,9H2,1H3,(H,18,23)(H,19,20,21). The predicted octanol–water partition coefficient (Wildman–Crippen LogP) is 2.51. The van der Waals surface area contributed by atoms with Gasteiger partial charge in [-0.1, -0.05) is 11.8 Å². The number of nitro benzene ring substituents is 1. The number of hydrogen-bond acceptors (Lipinski definition) is 8. The largest absolute Gasteiger partial charge is 0.494 e. The number of nitro groups is 1. The van der Waals surface area contributed by atoms with Gasteiger partial charge in [-0.3, -0.25) is 25.0 Å². The summed E-state index contributed by atoms with van der Waals surface area (Å²) in [7, 11) is 1.37. The van der Waals surface area contributed by atoms with Crippen LogP contribution in [0.1, 0.15) is 0 Å². The third kappa shape index (κ3) is 4.58. The monoisotopic (exact) mass is 386 g/mol. The molecular weight excluding hydrogens is 372 g/mol. The number of amides is 1. The Morgan fingerprint density at radius 2 is 2.11 bits per heavy atom. The Morgan fingerprint density at radius 1 is 1.33 bits per heavy atom. The van der Waals surface area contributed by atoms with E-state index in [4.69, 9.17) is 4.74 Å². The molecule has 0 atom stereocenters. The first-order chi connectivity index (χ1) is 13.1. The van der Waals surface area contributed by atoms with Crippen LogP contribution in [0.15, 0.2) is 47.9 Å². The third-order valence-electron chi connectivity index (χ3n) is 3.42. The molecule has 2 heterocycles. The van der Waals surface area contributed by atoms with Gasteiger partial charge in [0.15, 0.2) is 5.82 Å². The Kier molecular flexibility index (Phi) is 5.61. The Hall–Kier alpha value is -3.47. The van der Waals surface area contributed by atoms with Gasteiger partial charge in [-0.15, -0.1) is 5.10 Å². The molecule has 1 aromatic carbocycles. The number of hydrogen-bond donors (Lipinski definition) is 2. The average Bonchev–Trinajstić information content (AvgIpc) is 3.16. The SMILES string of the molecule is COc1cc([N+](=O)[O-])ccc1NC(=O)CSc1n[nH]c(-c2ccncc2)n1. The number of ether oxygens (including phenoxy) is 1. The average molecular weight is 386 g/mol. The van der Waals surface area contributed by atoms with Crippen molar-refractivity contribution in [2.75, 3.05) is 18.2 Å². The first-order valence-electron chi connectivity index (χ1n) is 7.64. The van der Waals surface area contributed by atoms with Gasteiger partial charge in [0.2, 0.25) is 11.1 Å². The minimum absolute atomic E-state index is 0.0633. The molecule has 2 aromatic heterocycles. The van der Waals surface area contributed by atoms with Gasteiger partial charge in [-0.25, -0.2) is 4.98 Å². The second kappa shape index (κ2) is 8.27. The number of carbonyl (C=O) groups is 1. The van der Waals surface area contributed by atoms with Gasteiger partial charge in [0, 0.05) is 24.0 Å². The van der Waals surface area contributed by atoms with E-state index in [2.05, 4.69) is 25.5 Å². The molecule has 0 saturated heterocycles. The number of nitrogens with zero attached hydrogens (tertiary/aromatic N) is 4. The molecule has 2 N–H and O–H groups in total. The van der Waals surface area contributed by atoms with E-state index in [1.165, 1.54) is 25.3 Å². The van der Waals surface area contributed by atoms with Crippen molar-refractivity contribution in [1.82, 2.24) is 20.2 Å². The van der Waals surface area contributed by atoms with Crippen molar-refractivity contribution in [3.63, 3.8) is 0 Å². The number of methoxy groups -OCH3 is 1. The van der Waals surface area contributed by atoms with Crippen LogP contribution in [0.25, 0.3) is 11.4 Å². The molecule has 3 rings (SSSR count). The van der Waals surface area contributed by atoms with Gasteiger partial charge in [-0.05, 0) is 18.2 Å². The smallest absolute Gasteiger partial charge is 0.273 e. The summed E-state index contributed by atoms with van der Waals surface area (Å²) in [6.07, 6.45) is 3.30. The number of aromatic nitrogens is 4. The van der Waals surface area contributed by atoms with Crippen LogP contribution < -0.4 is 10.1 Å². The maximum atomic E-state index is 12.2. The van der Waals surface area contributed by atoms with Gasteiger partial charge < -0.3 is 10.1 Å². The zero-order valence-corrected chi connectivity index (χ0v) is 14.9. The second-order valence-electron chi connectivity index (χ2n) is 5.18. The number of rotatable bonds is 7. The fourth-order valence-corrected chi connectivity index (χ4v) is 2.76. The summed E-state index contributed by atoms with van der Waals surface area (Å²) < 4.78 is 5.09. The van der Waals surface area contributed by atoms with Crippen molar-refractivity contribution in [1.29, 1.82) is 0 Å². The van der Waals surface area contributed by atoms with E-state index in [1.807, 2.05) is 0 Å². The maximum absolute atomic E-state index is 12.2. The summed E-state index contributed by atoms with van der Waals surface area (Å²) in [5.74, 6) is 0.536. The molecule has 27 heavy (non-hydrogen) atoms. The van der Waals surface area contributed by atoms with Crippen LogP contribution in [0.3, 0.4) is 0 Å². The van der Waals surface area contributed by atoms with Gasteiger partial charge in [0.25, 0.3) is 5.69 Å². The summed E-state index contributed by atoms with van der Waals surface area (Å²) >= 11 is 1.15. The van der Waals surface area contributed by atoms with Crippen molar-refractivity contribution in [2.45, 2.75) is 5.16 Å². The summed E-state index contributed by atoms with van der Waals surface area (Å²) in [5, 5.41) is 20.8. The quantitative estimate of drug-likeness (QED) is 0.359. The van der Waals surface area contributed by atoms with Crippen LogP contribution in [0, 0.1) is 10.1 Å². The first kappa shape index (κ1) is 18.3. The van der Waals surface area contributed by atoms with Crippen LogP contribution in [0.5, 0.6) is 5.75 Å². The topological polar surface area (TPSA) is 136 Å². The molecule has 0 bridgehead atoms. The van der Waals surface area contributed by atoms with Crippen molar-refractivity contribution in [3.8, 4) is 17.1 Å². The van der Waals surface area contributed by atoms with Crippen molar-refractivity contribution < 1.29 is 14.5 Å². The molecular formula is C16H14N6O4S. The Morgan fingerprint density at radius 3 is 2.81 bits per heavy atom. The summed E-state index contributed by atoms with van der Waals surface area (Å²) in [5.41, 5.74) is 1.06.